The summed E-state index contributed by atoms with van der Waals surface area (Å²) in [5.74, 6) is -0.304. The molecule has 21 heavy (non-hydrogen) atoms. The molecule has 1 fully saturated rings. The first-order valence-electron chi connectivity index (χ1n) is 6.77. The number of piperazine rings is 1. The maximum Gasteiger partial charge on any atom is 0.246 e. The van der Waals surface area contributed by atoms with Gasteiger partial charge in [0, 0.05) is 13.1 Å². The third kappa shape index (κ3) is 2.40. The van der Waals surface area contributed by atoms with E-state index in [0.717, 1.165) is 5.56 Å². The van der Waals surface area contributed by atoms with Gasteiger partial charge in [-0.05, 0) is 44.9 Å². The van der Waals surface area contributed by atoms with Gasteiger partial charge >= 0.3 is 0 Å². The number of carbonyl (C=O) groups excluding carboxylic acids is 1. The van der Waals surface area contributed by atoms with Crippen LogP contribution in [0, 0.1) is 13.8 Å². The van der Waals surface area contributed by atoms with Crippen molar-refractivity contribution < 1.29 is 13.2 Å². The van der Waals surface area contributed by atoms with Gasteiger partial charge in [0.2, 0.25) is 15.9 Å². The molecular weight excluding hydrogens is 290 g/mol. The summed E-state index contributed by atoms with van der Waals surface area (Å²) in [6.45, 7) is 7.29. The van der Waals surface area contributed by atoms with Gasteiger partial charge in [-0.3, -0.25) is 4.79 Å². The number of carbonyl (C=O) groups is 1. The van der Waals surface area contributed by atoms with Crippen molar-refractivity contribution in [2.24, 2.45) is 0 Å². The first-order valence-corrected chi connectivity index (χ1v) is 8.21. The Balaban J connectivity index is 2.63. The van der Waals surface area contributed by atoms with E-state index in [2.05, 4.69) is 5.32 Å². The second-order valence-corrected chi connectivity index (χ2v) is 7.62. The summed E-state index contributed by atoms with van der Waals surface area (Å²) >= 11 is 0. The lowest BCUT2D eigenvalue weighted by Gasteiger charge is -2.40. The SMILES string of the molecule is Cc1ccc(N)c(S(=O)(=O)N2CCNC(=O)C2(C)C)c1C. The van der Waals surface area contributed by atoms with E-state index >= 15 is 0 Å². The van der Waals surface area contributed by atoms with E-state index in [1.807, 2.05) is 6.92 Å². The summed E-state index contributed by atoms with van der Waals surface area (Å²) in [5, 5.41) is 2.69. The molecule has 3 N–H and O–H groups in total. The Morgan fingerprint density at radius 3 is 2.52 bits per heavy atom. The van der Waals surface area contributed by atoms with Gasteiger partial charge < -0.3 is 11.1 Å². The zero-order valence-corrected chi connectivity index (χ0v) is 13.5. The van der Waals surface area contributed by atoms with Gasteiger partial charge in [-0.25, -0.2) is 8.42 Å². The number of sulfonamides is 1. The molecule has 1 heterocycles. The molecule has 0 spiro atoms. The molecule has 0 unspecified atom stereocenters. The van der Waals surface area contributed by atoms with Crippen molar-refractivity contribution in [1.82, 2.24) is 9.62 Å². The van der Waals surface area contributed by atoms with Crippen LogP contribution in [-0.4, -0.2) is 37.3 Å². The molecule has 1 aromatic rings. The van der Waals surface area contributed by atoms with Gasteiger partial charge in [0.1, 0.15) is 10.4 Å². The van der Waals surface area contributed by atoms with Gasteiger partial charge in [0.15, 0.2) is 0 Å². The highest BCUT2D eigenvalue weighted by molar-refractivity contribution is 7.89. The molecular formula is C14H21N3O3S. The number of nitrogens with one attached hydrogen (secondary N) is 1. The molecule has 116 valence electrons. The fourth-order valence-corrected chi connectivity index (χ4v) is 4.71. The Morgan fingerprint density at radius 2 is 1.90 bits per heavy atom. The molecule has 0 radical (unpaired) electrons. The maximum absolute atomic E-state index is 13.0. The summed E-state index contributed by atoms with van der Waals surface area (Å²) < 4.78 is 27.2. The highest BCUT2D eigenvalue weighted by Crippen LogP contribution is 2.32. The Morgan fingerprint density at radius 1 is 1.29 bits per heavy atom. The summed E-state index contributed by atoms with van der Waals surface area (Å²) in [5.41, 5.74) is 6.44. The van der Waals surface area contributed by atoms with Crippen LogP contribution in [0.4, 0.5) is 5.69 Å². The minimum absolute atomic E-state index is 0.102. The number of amides is 1. The third-order valence-corrected chi connectivity index (χ3v) is 6.31. The van der Waals surface area contributed by atoms with Crippen LogP contribution in [0.15, 0.2) is 17.0 Å². The summed E-state index contributed by atoms with van der Waals surface area (Å²) in [4.78, 5) is 12.1. The molecule has 0 aliphatic carbocycles. The van der Waals surface area contributed by atoms with Crippen LogP contribution in [0.2, 0.25) is 0 Å². The lowest BCUT2D eigenvalue weighted by Crippen LogP contribution is -2.63. The minimum Gasteiger partial charge on any atom is -0.398 e. The highest BCUT2D eigenvalue weighted by Gasteiger charge is 2.45. The van der Waals surface area contributed by atoms with Crippen LogP contribution < -0.4 is 11.1 Å². The molecule has 0 aromatic heterocycles. The van der Waals surface area contributed by atoms with Crippen molar-refractivity contribution in [3.63, 3.8) is 0 Å². The third-order valence-electron chi connectivity index (χ3n) is 4.03. The summed E-state index contributed by atoms with van der Waals surface area (Å²) in [7, 11) is -3.84. The van der Waals surface area contributed by atoms with Crippen LogP contribution in [0.3, 0.4) is 0 Å². The molecule has 1 aromatic carbocycles. The molecule has 1 amide bonds. The number of anilines is 1. The fourth-order valence-electron chi connectivity index (χ4n) is 2.56. The number of nitrogens with zero attached hydrogens (tertiary/aromatic N) is 1. The van der Waals surface area contributed by atoms with Crippen LogP contribution in [-0.2, 0) is 14.8 Å². The zero-order valence-electron chi connectivity index (χ0n) is 12.7. The number of hydrogen-bond donors (Lipinski definition) is 2. The van der Waals surface area contributed by atoms with Crippen molar-refractivity contribution >= 4 is 21.6 Å². The van der Waals surface area contributed by atoms with Gasteiger partial charge in [0.05, 0.1) is 5.69 Å². The lowest BCUT2D eigenvalue weighted by atomic mass is 10.0. The zero-order chi connectivity index (χ0) is 16.0. The van der Waals surface area contributed by atoms with E-state index in [9.17, 15) is 13.2 Å². The molecule has 1 aliphatic heterocycles. The van der Waals surface area contributed by atoms with Gasteiger partial charge in [-0.2, -0.15) is 4.31 Å². The van der Waals surface area contributed by atoms with E-state index in [1.165, 1.54) is 4.31 Å². The Bertz CT molecular complexity index is 696. The summed E-state index contributed by atoms with van der Waals surface area (Å²) in [6, 6.07) is 3.38. The smallest absolute Gasteiger partial charge is 0.246 e. The summed E-state index contributed by atoms with van der Waals surface area (Å²) in [6.07, 6.45) is 0. The predicted octanol–water partition coefficient (Wildman–Crippen LogP) is 0.785. The molecule has 0 saturated carbocycles. The maximum atomic E-state index is 13.0. The van der Waals surface area contributed by atoms with Crippen molar-refractivity contribution in [1.29, 1.82) is 0 Å². The largest absolute Gasteiger partial charge is 0.398 e. The number of nitrogens with two attached hydrogens (primary N) is 1. The molecule has 0 atom stereocenters. The molecule has 6 nitrogen and oxygen atoms in total. The van der Waals surface area contributed by atoms with Crippen LogP contribution in [0.1, 0.15) is 25.0 Å². The Labute approximate surface area is 125 Å². The fraction of sp³-hybridized carbons (Fsp3) is 0.500. The van der Waals surface area contributed by atoms with Crippen LogP contribution >= 0.6 is 0 Å². The number of aryl methyl sites for hydroxylation is 1. The second-order valence-electron chi connectivity index (χ2n) is 5.82. The van der Waals surface area contributed by atoms with Gasteiger partial charge in [-0.1, -0.05) is 6.07 Å². The average Bonchev–Trinajstić information content (AvgIpc) is 2.37. The van der Waals surface area contributed by atoms with E-state index in [-0.39, 0.29) is 23.0 Å². The van der Waals surface area contributed by atoms with Crippen molar-refractivity contribution in [2.45, 2.75) is 38.1 Å². The number of benzene rings is 1. The second kappa shape index (κ2) is 4.99. The van der Waals surface area contributed by atoms with Crippen LogP contribution in [0.5, 0.6) is 0 Å². The van der Waals surface area contributed by atoms with E-state index in [0.29, 0.717) is 12.1 Å². The first kappa shape index (κ1) is 15.8. The molecule has 7 heteroatoms. The van der Waals surface area contributed by atoms with Crippen molar-refractivity contribution in [2.75, 3.05) is 18.8 Å². The normalized spacial score (nSPS) is 19.3. The number of hydrogen-bond acceptors (Lipinski definition) is 4. The number of rotatable bonds is 2. The standard InChI is InChI=1S/C14H21N3O3S/c1-9-5-6-11(15)12(10(9)2)21(19,20)17-8-7-16-13(18)14(17,3)4/h5-6H,7-8,15H2,1-4H3,(H,16,18). The topological polar surface area (TPSA) is 92.5 Å². The predicted molar refractivity (Wildman–Crippen MR) is 81.3 cm³/mol. The van der Waals surface area contributed by atoms with E-state index < -0.39 is 15.6 Å². The Hall–Kier alpha value is -1.60. The molecule has 1 saturated heterocycles. The van der Waals surface area contributed by atoms with Crippen molar-refractivity contribution in [3.8, 4) is 0 Å². The molecule has 0 bridgehead atoms. The van der Waals surface area contributed by atoms with Gasteiger partial charge in [0.25, 0.3) is 0 Å². The van der Waals surface area contributed by atoms with Crippen LogP contribution in [0.25, 0.3) is 0 Å². The molecule has 1 aliphatic rings. The number of nitrogen functional groups attached to an aromatic ring is 1. The lowest BCUT2D eigenvalue weighted by molar-refractivity contribution is -0.131. The molecule has 2 rings (SSSR count). The van der Waals surface area contributed by atoms with E-state index in [1.54, 1.807) is 32.9 Å². The van der Waals surface area contributed by atoms with E-state index in [4.69, 9.17) is 5.73 Å². The quantitative estimate of drug-likeness (QED) is 0.790. The Kier molecular flexibility index (Phi) is 3.75. The van der Waals surface area contributed by atoms with Crippen molar-refractivity contribution in [3.05, 3.63) is 23.3 Å². The highest BCUT2D eigenvalue weighted by atomic mass is 32.2. The first-order chi connectivity index (χ1) is 9.60. The monoisotopic (exact) mass is 311 g/mol. The average molecular weight is 311 g/mol. The van der Waals surface area contributed by atoms with Gasteiger partial charge in [-0.15, -0.1) is 0 Å². The minimum atomic E-state index is -3.84.